The van der Waals surface area contributed by atoms with Gasteiger partial charge in [-0.2, -0.15) is 0 Å². The van der Waals surface area contributed by atoms with Crippen molar-refractivity contribution in [2.45, 2.75) is 135 Å². The van der Waals surface area contributed by atoms with Crippen molar-refractivity contribution in [3.8, 4) is 0 Å². The third kappa shape index (κ3) is 12.8. The van der Waals surface area contributed by atoms with E-state index >= 15 is 0 Å². The first-order valence-corrected chi connectivity index (χ1v) is 11.0. The van der Waals surface area contributed by atoms with Gasteiger partial charge in [0, 0.05) is 0 Å². The fraction of sp³-hybridized carbons (Fsp3) is 1.00. The minimum atomic E-state index is -0.746. The van der Waals surface area contributed by atoms with Gasteiger partial charge in [-0.25, -0.2) is 0 Å². The van der Waals surface area contributed by atoms with Crippen molar-refractivity contribution in [1.82, 2.24) is 0 Å². The fourth-order valence-corrected chi connectivity index (χ4v) is 3.52. The largest absolute Gasteiger partial charge is 0.393 e. The number of hydrogen-bond acceptors (Lipinski definition) is 5. The molecule has 5 atom stereocenters. The Morgan fingerprint density at radius 1 is 0.667 bits per heavy atom. The molecule has 0 rings (SSSR count). The molecule has 0 fully saturated rings. The summed E-state index contributed by atoms with van der Waals surface area (Å²) in [6, 6.07) is 0. The predicted octanol–water partition coefficient (Wildman–Crippen LogP) is 3.54. The van der Waals surface area contributed by atoms with Crippen LogP contribution in [0.3, 0.4) is 0 Å². The summed E-state index contributed by atoms with van der Waals surface area (Å²) in [5.74, 6) is 0. The van der Waals surface area contributed by atoms with Gasteiger partial charge < -0.3 is 25.5 Å². The average molecular weight is 391 g/mol. The van der Waals surface area contributed by atoms with Crippen LogP contribution in [0.5, 0.6) is 0 Å². The van der Waals surface area contributed by atoms with E-state index in [1.54, 1.807) is 0 Å². The molecule has 0 heterocycles. The molecule has 0 spiro atoms. The van der Waals surface area contributed by atoms with Crippen LogP contribution in [0.1, 0.15) is 105 Å². The van der Waals surface area contributed by atoms with Crippen molar-refractivity contribution < 1.29 is 25.5 Å². The SMILES string of the molecule is CCCCC(C)(C)C(O)C(O)CCCC(O)CCCCC(O)CC(O)CC. The molecule has 0 bridgehead atoms. The molecule has 0 aromatic rings. The first-order valence-electron chi connectivity index (χ1n) is 11.0. The molecule has 0 radical (unpaired) electrons. The lowest BCUT2D eigenvalue weighted by Crippen LogP contribution is -2.39. The maximum atomic E-state index is 10.4. The molecule has 5 heteroatoms. The first kappa shape index (κ1) is 26.8. The van der Waals surface area contributed by atoms with Crippen LogP contribution in [0.4, 0.5) is 0 Å². The number of hydrogen-bond donors (Lipinski definition) is 5. The number of aliphatic hydroxyl groups excluding tert-OH is 5. The third-order valence-electron chi connectivity index (χ3n) is 5.72. The molecule has 0 aromatic carbocycles. The van der Waals surface area contributed by atoms with Gasteiger partial charge in [0.1, 0.15) is 0 Å². The Balaban J connectivity index is 3.88. The van der Waals surface area contributed by atoms with E-state index in [4.69, 9.17) is 0 Å². The van der Waals surface area contributed by atoms with Crippen LogP contribution < -0.4 is 0 Å². The molecule has 164 valence electrons. The molecule has 0 saturated carbocycles. The minimum absolute atomic E-state index is 0.291. The molecule has 5 unspecified atom stereocenters. The van der Waals surface area contributed by atoms with Crippen LogP contribution in [-0.4, -0.2) is 56.1 Å². The summed E-state index contributed by atoms with van der Waals surface area (Å²) in [7, 11) is 0. The third-order valence-corrected chi connectivity index (χ3v) is 5.72. The number of unbranched alkanes of at least 4 members (excludes halogenated alkanes) is 2. The van der Waals surface area contributed by atoms with E-state index in [-0.39, 0.29) is 5.41 Å². The van der Waals surface area contributed by atoms with E-state index < -0.39 is 30.5 Å². The molecular weight excluding hydrogens is 344 g/mol. The normalized spacial score (nSPS) is 18.1. The van der Waals surface area contributed by atoms with Crippen molar-refractivity contribution >= 4 is 0 Å². The van der Waals surface area contributed by atoms with E-state index in [0.29, 0.717) is 44.9 Å². The highest BCUT2D eigenvalue weighted by Gasteiger charge is 2.32. The van der Waals surface area contributed by atoms with Crippen LogP contribution in [0.15, 0.2) is 0 Å². The molecule has 0 amide bonds. The Labute approximate surface area is 166 Å². The van der Waals surface area contributed by atoms with Gasteiger partial charge in [0.05, 0.1) is 30.5 Å². The lowest BCUT2D eigenvalue weighted by molar-refractivity contribution is -0.0597. The summed E-state index contributed by atoms with van der Waals surface area (Å²) in [5.41, 5.74) is -0.291. The maximum absolute atomic E-state index is 10.4. The molecule has 0 aliphatic heterocycles. The van der Waals surface area contributed by atoms with E-state index in [1.807, 2.05) is 20.8 Å². The van der Waals surface area contributed by atoms with Crippen molar-refractivity contribution in [2.24, 2.45) is 5.41 Å². The van der Waals surface area contributed by atoms with Gasteiger partial charge in [0.2, 0.25) is 0 Å². The van der Waals surface area contributed by atoms with Crippen LogP contribution in [-0.2, 0) is 0 Å². The second-order valence-corrected chi connectivity index (χ2v) is 8.93. The van der Waals surface area contributed by atoms with Gasteiger partial charge in [-0.1, -0.05) is 53.4 Å². The molecule has 0 aliphatic rings. The first-order chi connectivity index (χ1) is 12.6. The summed E-state index contributed by atoms with van der Waals surface area (Å²) in [5, 5.41) is 50.0. The standard InChI is InChI=1S/C22H46O5/c1-5-7-15-22(3,4)21(27)20(26)14-10-13-18(24)11-8-9-12-19(25)16-17(23)6-2/h17-21,23-27H,5-16H2,1-4H3. The summed E-state index contributed by atoms with van der Waals surface area (Å²) in [6.07, 6.45) is 6.14. The van der Waals surface area contributed by atoms with E-state index in [9.17, 15) is 25.5 Å². The van der Waals surface area contributed by atoms with Gasteiger partial charge >= 0.3 is 0 Å². The lowest BCUT2D eigenvalue weighted by Gasteiger charge is -2.34. The van der Waals surface area contributed by atoms with Gasteiger partial charge in [-0.15, -0.1) is 0 Å². The number of aliphatic hydroxyl groups is 5. The smallest absolute Gasteiger partial charge is 0.0849 e. The molecule has 27 heavy (non-hydrogen) atoms. The van der Waals surface area contributed by atoms with Crippen LogP contribution >= 0.6 is 0 Å². The van der Waals surface area contributed by atoms with E-state index in [1.165, 1.54) is 0 Å². The molecular formula is C22H46O5. The monoisotopic (exact) mass is 390 g/mol. The highest BCUT2D eigenvalue weighted by molar-refractivity contribution is 4.83. The summed E-state index contributed by atoms with van der Waals surface area (Å²) >= 11 is 0. The van der Waals surface area contributed by atoms with Gasteiger partial charge in [0.15, 0.2) is 0 Å². The van der Waals surface area contributed by atoms with E-state index in [0.717, 1.165) is 32.1 Å². The van der Waals surface area contributed by atoms with Gasteiger partial charge in [-0.3, -0.25) is 0 Å². The Morgan fingerprint density at radius 2 is 1.22 bits per heavy atom. The van der Waals surface area contributed by atoms with Crippen molar-refractivity contribution in [2.75, 3.05) is 0 Å². The van der Waals surface area contributed by atoms with Crippen LogP contribution in [0, 0.1) is 5.41 Å². The zero-order valence-electron chi connectivity index (χ0n) is 18.1. The summed E-state index contributed by atoms with van der Waals surface area (Å²) < 4.78 is 0. The van der Waals surface area contributed by atoms with Crippen LogP contribution in [0.2, 0.25) is 0 Å². The molecule has 0 aliphatic carbocycles. The Kier molecular flexibility index (Phi) is 14.6. The Hall–Kier alpha value is -0.200. The average Bonchev–Trinajstić information content (AvgIpc) is 2.62. The Bertz CT molecular complexity index is 348. The number of rotatable bonds is 17. The predicted molar refractivity (Wildman–Crippen MR) is 111 cm³/mol. The topological polar surface area (TPSA) is 101 Å². The zero-order chi connectivity index (χ0) is 20.9. The molecule has 5 N–H and O–H groups in total. The maximum Gasteiger partial charge on any atom is 0.0849 e. The summed E-state index contributed by atoms with van der Waals surface area (Å²) in [6.45, 7) is 8.02. The second-order valence-electron chi connectivity index (χ2n) is 8.93. The molecule has 0 aromatic heterocycles. The summed E-state index contributed by atoms with van der Waals surface area (Å²) in [4.78, 5) is 0. The zero-order valence-corrected chi connectivity index (χ0v) is 18.1. The molecule has 0 saturated heterocycles. The van der Waals surface area contributed by atoms with Crippen molar-refractivity contribution in [3.05, 3.63) is 0 Å². The van der Waals surface area contributed by atoms with Crippen LogP contribution in [0.25, 0.3) is 0 Å². The second kappa shape index (κ2) is 14.7. The Morgan fingerprint density at radius 3 is 1.78 bits per heavy atom. The minimum Gasteiger partial charge on any atom is -0.393 e. The highest BCUT2D eigenvalue weighted by Crippen LogP contribution is 2.31. The van der Waals surface area contributed by atoms with Crippen molar-refractivity contribution in [1.29, 1.82) is 0 Å². The quantitative estimate of drug-likeness (QED) is 0.245. The fourth-order valence-electron chi connectivity index (χ4n) is 3.52. The lowest BCUT2D eigenvalue weighted by atomic mass is 9.78. The van der Waals surface area contributed by atoms with Crippen molar-refractivity contribution in [3.63, 3.8) is 0 Å². The van der Waals surface area contributed by atoms with E-state index in [2.05, 4.69) is 6.92 Å². The highest BCUT2D eigenvalue weighted by atomic mass is 16.3. The molecule has 5 nitrogen and oxygen atoms in total. The van der Waals surface area contributed by atoms with Gasteiger partial charge in [-0.05, 0) is 56.8 Å². The van der Waals surface area contributed by atoms with Gasteiger partial charge in [0.25, 0.3) is 0 Å².